The van der Waals surface area contributed by atoms with Crippen molar-refractivity contribution in [1.29, 1.82) is 0 Å². The zero-order valence-corrected chi connectivity index (χ0v) is 9.84. The van der Waals surface area contributed by atoms with Gasteiger partial charge in [-0.3, -0.25) is 0 Å². The monoisotopic (exact) mass is 198 g/mol. The standard InChI is InChI=1S/C12H26N2/c1-11-5-4-9-14(10-7-11)12(2)6-3-8-13/h11-12H,3-10,13H2,1-2H3. The predicted octanol–water partition coefficient (Wildman–Crippen LogP) is 2.24. The molecule has 2 heteroatoms. The number of hydrogen-bond acceptors (Lipinski definition) is 2. The maximum Gasteiger partial charge on any atom is 0.00674 e. The highest BCUT2D eigenvalue weighted by atomic mass is 15.1. The Balaban J connectivity index is 2.27. The highest BCUT2D eigenvalue weighted by molar-refractivity contribution is 4.72. The molecule has 1 rings (SSSR count). The van der Waals surface area contributed by atoms with Crippen LogP contribution in [0.25, 0.3) is 0 Å². The average Bonchev–Trinajstić information content (AvgIpc) is 2.39. The Morgan fingerprint density at radius 3 is 2.86 bits per heavy atom. The average molecular weight is 198 g/mol. The molecule has 0 aromatic rings. The highest BCUT2D eigenvalue weighted by Gasteiger charge is 2.17. The van der Waals surface area contributed by atoms with Gasteiger partial charge in [0, 0.05) is 6.04 Å². The second-order valence-corrected chi connectivity index (χ2v) is 4.85. The molecule has 0 aliphatic carbocycles. The fourth-order valence-corrected chi connectivity index (χ4v) is 2.32. The smallest absolute Gasteiger partial charge is 0.00674 e. The van der Waals surface area contributed by atoms with Crippen LogP contribution in [0, 0.1) is 5.92 Å². The molecule has 2 unspecified atom stereocenters. The third-order valence-corrected chi connectivity index (χ3v) is 3.50. The molecule has 0 spiro atoms. The molecule has 0 radical (unpaired) electrons. The van der Waals surface area contributed by atoms with Crippen LogP contribution < -0.4 is 5.73 Å². The Hall–Kier alpha value is -0.0800. The molecular formula is C12H26N2. The Kier molecular flexibility index (Phi) is 5.49. The largest absolute Gasteiger partial charge is 0.330 e. The summed E-state index contributed by atoms with van der Waals surface area (Å²) in [5, 5.41) is 0. The van der Waals surface area contributed by atoms with Gasteiger partial charge < -0.3 is 10.6 Å². The fraction of sp³-hybridized carbons (Fsp3) is 1.00. The van der Waals surface area contributed by atoms with Gasteiger partial charge in [0.2, 0.25) is 0 Å². The zero-order valence-electron chi connectivity index (χ0n) is 9.84. The van der Waals surface area contributed by atoms with Gasteiger partial charge in [-0.1, -0.05) is 6.92 Å². The third-order valence-electron chi connectivity index (χ3n) is 3.50. The molecule has 2 N–H and O–H groups in total. The van der Waals surface area contributed by atoms with E-state index in [0.29, 0.717) is 0 Å². The van der Waals surface area contributed by atoms with Crippen molar-refractivity contribution in [2.24, 2.45) is 11.7 Å². The van der Waals surface area contributed by atoms with E-state index in [0.717, 1.165) is 18.5 Å². The van der Waals surface area contributed by atoms with Crippen molar-refractivity contribution in [3.63, 3.8) is 0 Å². The first-order valence-corrected chi connectivity index (χ1v) is 6.18. The molecule has 1 aliphatic rings. The predicted molar refractivity (Wildman–Crippen MR) is 62.3 cm³/mol. The summed E-state index contributed by atoms with van der Waals surface area (Å²) in [4.78, 5) is 2.65. The van der Waals surface area contributed by atoms with Crippen LogP contribution in [-0.4, -0.2) is 30.6 Å². The van der Waals surface area contributed by atoms with Gasteiger partial charge >= 0.3 is 0 Å². The van der Waals surface area contributed by atoms with E-state index in [-0.39, 0.29) is 0 Å². The van der Waals surface area contributed by atoms with E-state index in [4.69, 9.17) is 5.73 Å². The minimum atomic E-state index is 0.740. The lowest BCUT2D eigenvalue weighted by atomic mass is 10.0. The van der Waals surface area contributed by atoms with E-state index in [1.54, 1.807) is 0 Å². The van der Waals surface area contributed by atoms with Gasteiger partial charge in [-0.15, -0.1) is 0 Å². The lowest BCUT2D eigenvalue weighted by Gasteiger charge is -2.27. The molecule has 0 aromatic heterocycles. The Morgan fingerprint density at radius 1 is 1.36 bits per heavy atom. The normalized spacial score (nSPS) is 27.2. The molecule has 1 saturated heterocycles. The molecule has 1 heterocycles. The molecule has 0 aromatic carbocycles. The molecule has 0 saturated carbocycles. The van der Waals surface area contributed by atoms with Crippen molar-refractivity contribution in [2.45, 2.75) is 52.0 Å². The van der Waals surface area contributed by atoms with Gasteiger partial charge in [0.15, 0.2) is 0 Å². The summed E-state index contributed by atoms with van der Waals surface area (Å²) < 4.78 is 0. The van der Waals surface area contributed by atoms with E-state index >= 15 is 0 Å². The Morgan fingerprint density at radius 2 is 2.14 bits per heavy atom. The zero-order chi connectivity index (χ0) is 10.4. The minimum Gasteiger partial charge on any atom is -0.330 e. The second kappa shape index (κ2) is 6.41. The van der Waals surface area contributed by atoms with Crippen molar-refractivity contribution in [2.75, 3.05) is 19.6 Å². The topological polar surface area (TPSA) is 29.3 Å². The molecule has 2 nitrogen and oxygen atoms in total. The number of hydrogen-bond donors (Lipinski definition) is 1. The van der Waals surface area contributed by atoms with Crippen molar-refractivity contribution >= 4 is 0 Å². The summed E-state index contributed by atoms with van der Waals surface area (Å²) in [6.45, 7) is 8.18. The fourth-order valence-electron chi connectivity index (χ4n) is 2.32. The van der Waals surface area contributed by atoms with Crippen LogP contribution in [0.1, 0.15) is 46.0 Å². The van der Waals surface area contributed by atoms with Crippen LogP contribution in [0.4, 0.5) is 0 Å². The molecule has 14 heavy (non-hydrogen) atoms. The summed E-state index contributed by atoms with van der Waals surface area (Å²) in [5.41, 5.74) is 5.54. The van der Waals surface area contributed by atoms with Crippen molar-refractivity contribution < 1.29 is 0 Å². The van der Waals surface area contributed by atoms with E-state index in [9.17, 15) is 0 Å². The molecule has 1 aliphatic heterocycles. The van der Waals surface area contributed by atoms with Gasteiger partial charge in [-0.25, -0.2) is 0 Å². The minimum absolute atomic E-state index is 0.740. The number of nitrogens with zero attached hydrogens (tertiary/aromatic N) is 1. The summed E-state index contributed by atoms with van der Waals surface area (Å²) in [6, 6.07) is 0.740. The van der Waals surface area contributed by atoms with Crippen molar-refractivity contribution in [3.8, 4) is 0 Å². The summed E-state index contributed by atoms with van der Waals surface area (Å²) in [7, 11) is 0. The molecule has 0 bridgehead atoms. The third kappa shape index (κ3) is 3.97. The van der Waals surface area contributed by atoms with Crippen molar-refractivity contribution in [1.82, 2.24) is 4.90 Å². The molecular weight excluding hydrogens is 172 g/mol. The molecule has 2 atom stereocenters. The van der Waals surface area contributed by atoms with Crippen LogP contribution in [0.5, 0.6) is 0 Å². The quantitative estimate of drug-likeness (QED) is 0.750. The van der Waals surface area contributed by atoms with Crippen LogP contribution in [0.3, 0.4) is 0 Å². The number of likely N-dealkylation sites (tertiary alicyclic amines) is 1. The van der Waals surface area contributed by atoms with Crippen LogP contribution in [0.15, 0.2) is 0 Å². The number of rotatable bonds is 4. The Labute approximate surface area is 88.8 Å². The van der Waals surface area contributed by atoms with Gasteiger partial charge in [0.25, 0.3) is 0 Å². The Bertz CT molecular complexity index is 147. The lowest BCUT2D eigenvalue weighted by molar-refractivity contribution is 0.203. The molecule has 1 fully saturated rings. The van der Waals surface area contributed by atoms with Gasteiger partial charge in [0.05, 0.1) is 0 Å². The first-order valence-electron chi connectivity index (χ1n) is 6.18. The number of nitrogens with two attached hydrogens (primary N) is 1. The van der Waals surface area contributed by atoms with E-state index in [1.165, 1.54) is 45.2 Å². The van der Waals surface area contributed by atoms with Gasteiger partial charge in [-0.05, 0) is 64.6 Å². The van der Waals surface area contributed by atoms with E-state index < -0.39 is 0 Å². The van der Waals surface area contributed by atoms with Gasteiger partial charge in [0.1, 0.15) is 0 Å². The van der Waals surface area contributed by atoms with Crippen LogP contribution >= 0.6 is 0 Å². The summed E-state index contributed by atoms with van der Waals surface area (Å²) in [5.74, 6) is 0.932. The second-order valence-electron chi connectivity index (χ2n) is 4.85. The molecule has 84 valence electrons. The van der Waals surface area contributed by atoms with Crippen molar-refractivity contribution in [3.05, 3.63) is 0 Å². The van der Waals surface area contributed by atoms with Crippen LogP contribution in [-0.2, 0) is 0 Å². The van der Waals surface area contributed by atoms with Gasteiger partial charge in [-0.2, -0.15) is 0 Å². The maximum absolute atomic E-state index is 5.54. The first kappa shape index (κ1) is 12.0. The lowest BCUT2D eigenvalue weighted by Crippen LogP contribution is -2.34. The van der Waals surface area contributed by atoms with Crippen LogP contribution in [0.2, 0.25) is 0 Å². The van der Waals surface area contributed by atoms with E-state index in [2.05, 4.69) is 18.7 Å². The first-order chi connectivity index (χ1) is 6.74. The van der Waals surface area contributed by atoms with E-state index in [1.807, 2.05) is 0 Å². The summed E-state index contributed by atoms with van der Waals surface area (Å²) >= 11 is 0. The SMILES string of the molecule is CC1CCCN(C(C)CCCN)CC1. The maximum atomic E-state index is 5.54. The molecule has 0 amide bonds. The summed E-state index contributed by atoms with van der Waals surface area (Å²) in [6.07, 6.45) is 6.62. The highest BCUT2D eigenvalue weighted by Crippen LogP contribution is 2.19.